The third kappa shape index (κ3) is 3.18. The van der Waals surface area contributed by atoms with Crippen molar-refractivity contribution in [2.24, 2.45) is 11.8 Å². The average Bonchev–Trinajstić information content (AvgIpc) is 2.51. The second kappa shape index (κ2) is 5.79. The number of nitrogens with zero attached hydrogens (tertiary/aromatic N) is 1. The predicted molar refractivity (Wildman–Crippen MR) is 77.0 cm³/mol. The molecule has 3 nitrogen and oxygen atoms in total. The fourth-order valence-corrected chi connectivity index (χ4v) is 3.55. The lowest BCUT2D eigenvalue weighted by Crippen LogP contribution is -2.49. The van der Waals surface area contributed by atoms with Crippen molar-refractivity contribution in [1.29, 1.82) is 0 Å². The Hall–Kier alpha value is -0.280. The molecule has 0 aromatic heterocycles. The monoisotopic (exact) mass is 274 g/mol. The average molecular weight is 275 g/mol. The maximum atomic E-state index is 12.6. The van der Waals surface area contributed by atoms with Crippen LogP contribution in [0.2, 0.25) is 0 Å². The summed E-state index contributed by atoms with van der Waals surface area (Å²) in [6, 6.07) is 0.487. The molecule has 0 aliphatic carbocycles. The van der Waals surface area contributed by atoms with Gasteiger partial charge in [-0.2, -0.15) is 0 Å². The summed E-state index contributed by atoms with van der Waals surface area (Å²) in [5, 5.41) is 3.42. The van der Waals surface area contributed by atoms with E-state index in [2.05, 4.69) is 37.9 Å². The SMILES string of the molecule is CC1CN(C(=O)[C@H]2CCN[C@@H](C)C2)C(C)(C)C1.Cl. The molecule has 3 atom stereocenters. The summed E-state index contributed by atoms with van der Waals surface area (Å²) in [7, 11) is 0. The van der Waals surface area contributed by atoms with Gasteiger partial charge >= 0.3 is 0 Å². The van der Waals surface area contributed by atoms with E-state index in [1.807, 2.05) is 0 Å². The van der Waals surface area contributed by atoms with E-state index in [0.29, 0.717) is 17.9 Å². The van der Waals surface area contributed by atoms with Gasteiger partial charge in [-0.1, -0.05) is 6.92 Å². The highest BCUT2D eigenvalue weighted by molar-refractivity contribution is 5.85. The van der Waals surface area contributed by atoms with Crippen LogP contribution in [0.25, 0.3) is 0 Å². The first-order valence-electron chi connectivity index (χ1n) is 6.95. The van der Waals surface area contributed by atoms with Crippen LogP contribution in [0.15, 0.2) is 0 Å². The number of piperidine rings is 1. The zero-order valence-corrected chi connectivity index (χ0v) is 12.8. The van der Waals surface area contributed by atoms with Gasteiger partial charge < -0.3 is 10.2 Å². The second-order valence-corrected chi connectivity index (χ2v) is 6.65. The van der Waals surface area contributed by atoms with Gasteiger partial charge in [0.1, 0.15) is 0 Å². The Balaban J connectivity index is 0.00000162. The molecule has 0 aromatic rings. The Morgan fingerprint density at radius 3 is 2.50 bits per heavy atom. The minimum Gasteiger partial charge on any atom is -0.337 e. The van der Waals surface area contributed by atoms with Gasteiger partial charge in [-0.25, -0.2) is 0 Å². The highest BCUT2D eigenvalue weighted by Gasteiger charge is 2.41. The summed E-state index contributed by atoms with van der Waals surface area (Å²) >= 11 is 0. The molecule has 106 valence electrons. The third-order valence-electron chi connectivity index (χ3n) is 4.31. The van der Waals surface area contributed by atoms with Gasteiger partial charge in [0.05, 0.1) is 0 Å². The molecule has 1 amide bonds. The Morgan fingerprint density at radius 2 is 2.00 bits per heavy atom. The van der Waals surface area contributed by atoms with Crippen LogP contribution in [-0.4, -0.2) is 35.5 Å². The van der Waals surface area contributed by atoms with Gasteiger partial charge in [-0.3, -0.25) is 4.79 Å². The molecule has 2 aliphatic heterocycles. The van der Waals surface area contributed by atoms with Crippen molar-refractivity contribution in [1.82, 2.24) is 10.2 Å². The van der Waals surface area contributed by atoms with E-state index in [4.69, 9.17) is 0 Å². The van der Waals surface area contributed by atoms with Gasteiger partial charge in [0.25, 0.3) is 0 Å². The van der Waals surface area contributed by atoms with Crippen molar-refractivity contribution < 1.29 is 4.79 Å². The Morgan fingerprint density at radius 1 is 1.33 bits per heavy atom. The summed E-state index contributed by atoms with van der Waals surface area (Å²) in [6.07, 6.45) is 3.14. The Labute approximate surface area is 117 Å². The molecular weight excluding hydrogens is 248 g/mol. The normalized spacial score (nSPS) is 35.1. The second-order valence-electron chi connectivity index (χ2n) is 6.65. The van der Waals surface area contributed by atoms with Crippen molar-refractivity contribution in [2.75, 3.05) is 13.1 Å². The van der Waals surface area contributed by atoms with E-state index in [9.17, 15) is 4.79 Å². The lowest BCUT2D eigenvalue weighted by atomic mass is 9.90. The van der Waals surface area contributed by atoms with Gasteiger partial charge in [-0.15, -0.1) is 12.4 Å². The first kappa shape index (κ1) is 15.8. The predicted octanol–water partition coefficient (Wildman–Crippen LogP) is 2.44. The zero-order chi connectivity index (χ0) is 12.6. The topological polar surface area (TPSA) is 32.3 Å². The molecule has 0 aromatic carbocycles. The highest BCUT2D eigenvalue weighted by atomic mass is 35.5. The maximum Gasteiger partial charge on any atom is 0.226 e. The Bertz CT molecular complexity index is 306. The van der Waals surface area contributed by atoms with Crippen LogP contribution in [-0.2, 0) is 4.79 Å². The zero-order valence-electron chi connectivity index (χ0n) is 12.0. The number of hydrogen-bond acceptors (Lipinski definition) is 2. The van der Waals surface area contributed by atoms with Crippen molar-refractivity contribution in [3.05, 3.63) is 0 Å². The molecule has 2 rings (SSSR count). The molecule has 0 saturated carbocycles. The molecule has 0 spiro atoms. The summed E-state index contributed by atoms with van der Waals surface area (Å²) in [5.41, 5.74) is 0.0601. The molecule has 4 heteroatoms. The molecule has 0 bridgehead atoms. The lowest BCUT2D eigenvalue weighted by molar-refractivity contribution is -0.140. The fourth-order valence-electron chi connectivity index (χ4n) is 3.55. The van der Waals surface area contributed by atoms with Crippen LogP contribution in [0.1, 0.15) is 47.0 Å². The summed E-state index contributed by atoms with van der Waals surface area (Å²) in [5.74, 6) is 1.29. The minimum atomic E-state index is 0. The molecule has 1 unspecified atom stereocenters. The molecule has 2 saturated heterocycles. The number of hydrogen-bond donors (Lipinski definition) is 1. The van der Waals surface area contributed by atoms with E-state index in [-0.39, 0.29) is 23.9 Å². The van der Waals surface area contributed by atoms with Crippen LogP contribution < -0.4 is 5.32 Å². The molecule has 2 aliphatic rings. The van der Waals surface area contributed by atoms with Gasteiger partial charge in [0.15, 0.2) is 0 Å². The van der Waals surface area contributed by atoms with Gasteiger partial charge in [-0.05, 0) is 52.5 Å². The van der Waals surface area contributed by atoms with Crippen LogP contribution in [0.3, 0.4) is 0 Å². The number of rotatable bonds is 1. The molecule has 18 heavy (non-hydrogen) atoms. The number of nitrogens with one attached hydrogen (secondary N) is 1. The highest BCUT2D eigenvalue weighted by Crippen LogP contribution is 2.34. The number of halogens is 1. The smallest absolute Gasteiger partial charge is 0.226 e. The third-order valence-corrected chi connectivity index (χ3v) is 4.31. The van der Waals surface area contributed by atoms with Crippen LogP contribution >= 0.6 is 12.4 Å². The first-order valence-corrected chi connectivity index (χ1v) is 6.95. The molecular formula is C14H27ClN2O. The first-order chi connectivity index (χ1) is 7.90. The molecule has 2 heterocycles. The van der Waals surface area contributed by atoms with Gasteiger partial charge in [0, 0.05) is 24.0 Å². The van der Waals surface area contributed by atoms with Crippen molar-refractivity contribution in [3.8, 4) is 0 Å². The van der Waals surface area contributed by atoms with E-state index in [1.54, 1.807) is 0 Å². The van der Waals surface area contributed by atoms with Crippen molar-refractivity contribution >= 4 is 18.3 Å². The quantitative estimate of drug-likeness (QED) is 0.797. The van der Waals surface area contributed by atoms with Gasteiger partial charge in [0.2, 0.25) is 5.91 Å². The van der Waals surface area contributed by atoms with E-state index < -0.39 is 0 Å². The number of amides is 1. The molecule has 0 radical (unpaired) electrons. The number of likely N-dealkylation sites (tertiary alicyclic amines) is 1. The number of carbonyl (C=O) groups is 1. The molecule has 1 N–H and O–H groups in total. The van der Waals surface area contributed by atoms with Crippen LogP contribution in [0.5, 0.6) is 0 Å². The maximum absolute atomic E-state index is 12.6. The largest absolute Gasteiger partial charge is 0.337 e. The van der Waals surface area contributed by atoms with Crippen molar-refractivity contribution in [3.63, 3.8) is 0 Å². The summed E-state index contributed by atoms with van der Waals surface area (Å²) in [6.45, 7) is 10.8. The van der Waals surface area contributed by atoms with Crippen molar-refractivity contribution in [2.45, 2.75) is 58.5 Å². The summed E-state index contributed by atoms with van der Waals surface area (Å²) in [4.78, 5) is 14.7. The van der Waals surface area contributed by atoms with E-state index in [0.717, 1.165) is 32.4 Å². The fraction of sp³-hybridized carbons (Fsp3) is 0.929. The van der Waals surface area contributed by atoms with E-state index in [1.165, 1.54) is 0 Å². The lowest BCUT2D eigenvalue weighted by Gasteiger charge is -2.37. The standard InChI is InChI=1S/C14H26N2O.ClH/c1-10-8-14(3,4)16(9-10)13(17)12-5-6-15-11(2)7-12;/h10-12,15H,5-9H2,1-4H3;1H/t10?,11-,12-;/m0./s1. The number of carbonyl (C=O) groups excluding carboxylic acids is 1. The Kier molecular flexibility index (Phi) is 5.07. The van der Waals surface area contributed by atoms with E-state index >= 15 is 0 Å². The minimum absolute atomic E-state index is 0. The summed E-state index contributed by atoms with van der Waals surface area (Å²) < 4.78 is 0. The molecule has 2 fully saturated rings. The van der Waals surface area contributed by atoms with Crippen LogP contribution in [0.4, 0.5) is 0 Å². The van der Waals surface area contributed by atoms with Crippen LogP contribution in [0, 0.1) is 11.8 Å².